The van der Waals surface area contributed by atoms with Crippen molar-refractivity contribution >= 4 is 46.2 Å². The first-order valence-electron chi connectivity index (χ1n) is 10.1. The highest BCUT2D eigenvalue weighted by molar-refractivity contribution is 7.17. The molecule has 0 aliphatic heterocycles. The van der Waals surface area contributed by atoms with E-state index in [-0.39, 0.29) is 18.9 Å². The zero-order valence-electron chi connectivity index (χ0n) is 17.7. The predicted octanol–water partition coefficient (Wildman–Crippen LogP) is 5.44. The number of ether oxygens (including phenoxy) is 1. The van der Waals surface area contributed by atoms with Crippen LogP contribution in [0.15, 0.2) is 60.0 Å². The summed E-state index contributed by atoms with van der Waals surface area (Å²) in [5.41, 5.74) is 3.15. The minimum Gasteiger partial charge on any atom is -0.455 e. The van der Waals surface area contributed by atoms with Crippen LogP contribution in [0, 0.1) is 6.92 Å². The Bertz CT molecular complexity index is 1250. The summed E-state index contributed by atoms with van der Waals surface area (Å²) in [6, 6.07) is 17.0. The fraction of sp³-hybridized carbons (Fsp3) is 0.167. The standard InChI is InChI=1S/C24H20ClN3O3S2/c1-15-22(33-23(27-15)17-7-9-18(25)10-8-17)24(30)31-13-19-14-32-21(28-19)11-20(29)26-12-16-5-3-2-4-6-16/h2-10,14H,11-13H2,1H3,(H,26,29). The number of aromatic nitrogens is 2. The maximum Gasteiger partial charge on any atom is 0.350 e. The van der Waals surface area contributed by atoms with Gasteiger partial charge in [-0.2, -0.15) is 0 Å². The van der Waals surface area contributed by atoms with Crippen molar-refractivity contribution in [3.8, 4) is 10.6 Å². The van der Waals surface area contributed by atoms with Gasteiger partial charge in [0.1, 0.15) is 21.5 Å². The number of nitrogens with one attached hydrogen (secondary N) is 1. The van der Waals surface area contributed by atoms with Crippen molar-refractivity contribution in [3.63, 3.8) is 0 Å². The van der Waals surface area contributed by atoms with Gasteiger partial charge in [0.25, 0.3) is 0 Å². The lowest BCUT2D eigenvalue weighted by atomic mass is 10.2. The number of carbonyl (C=O) groups excluding carboxylic acids is 2. The Morgan fingerprint density at radius 3 is 2.58 bits per heavy atom. The van der Waals surface area contributed by atoms with Crippen molar-refractivity contribution in [3.05, 3.63) is 91.8 Å². The number of hydrogen-bond donors (Lipinski definition) is 1. The quantitative estimate of drug-likeness (QED) is 0.327. The second kappa shape index (κ2) is 10.7. The molecular formula is C24H20ClN3O3S2. The molecule has 2 heterocycles. The van der Waals surface area contributed by atoms with Crippen molar-refractivity contribution < 1.29 is 14.3 Å². The van der Waals surface area contributed by atoms with Crippen LogP contribution in [0.25, 0.3) is 10.6 Å². The lowest BCUT2D eigenvalue weighted by molar-refractivity contribution is -0.120. The van der Waals surface area contributed by atoms with Gasteiger partial charge in [-0.25, -0.2) is 14.8 Å². The molecule has 0 fully saturated rings. The van der Waals surface area contributed by atoms with Crippen LogP contribution in [0.1, 0.15) is 31.6 Å². The number of thiazole rings is 2. The summed E-state index contributed by atoms with van der Waals surface area (Å²) < 4.78 is 5.44. The number of hydrogen-bond acceptors (Lipinski definition) is 7. The third-order valence-electron chi connectivity index (χ3n) is 4.67. The van der Waals surface area contributed by atoms with Crippen LogP contribution < -0.4 is 5.32 Å². The molecule has 0 saturated heterocycles. The van der Waals surface area contributed by atoms with E-state index in [1.807, 2.05) is 42.5 Å². The van der Waals surface area contributed by atoms with Crippen molar-refractivity contribution in [1.82, 2.24) is 15.3 Å². The summed E-state index contributed by atoms with van der Waals surface area (Å²) in [5, 5.41) is 6.72. The Kier molecular flexibility index (Phi) is 7.49. The molecule has 4 aromatic rings. The highest BCUT2D eigenvalue weighted by Gasteiger charge is 2.18. The van der Waals surface area contributed by atoms with Crippen LogP contribution in [0.4, 0.5) is 0 Å². The SMILES string of the molecule is Cc1nc(-c2ccc(Cl)cc2)sc1C(=O)OCc1csc(CC(=O)NCc2ccccc2)n1. The molecule has 0 unspecified atom stereocenters. The van der Waals surface area contributed by atoms with Gasteiger partial charge in [0.15, 0.2) is 0 Å². The van der Waals surface area contributed by atoms with Gasteiger partial charge < -0.3 is 10.1 Å². The van der Waals surface area contributed by atoms with Crippen LogP contribution in [-0.2, 0) is 29.1 Å². The number of carbonyl (C=O) groups is 2. The molecule has 0 saturated carbocycles. The largest absolute Gasteiger partial charge is 0.455 e. The zero-order chi connectivity index (χ0) is 23.2. The topological polar surface area (TPSA) is 81.2 Å². The molecule has 168 valence electrons. The van der Waals surface area contributed by atoms with Gasteiger partial charge in [-0.1, -0.05) is 54.1 Å². The van der Waals surface area contributed by atoms with Gasteiger partial charge >= 0.3 is 5.97 Å². The first-order valence-corrected chi connectivity index (χ1v) is 12.2. The lowest BCUT2D eigenvalue weighted by Gasteiger charge is -2.04. The molecule has 1 N–H and O–H groups in total. The van der Waals surface area contributed by atoms with E-state index in [4.69, 9.17) is 16.3 Å². The van der Waals surface area contributed by atoms with E-state index in [0.717, 1.165) is 16.1 Å². The maximum atomic E-state index is 12.6. The van der Waals surface area contributed by atoms with Crippen LogP contribution in [0.2, 0.25) is 5.02 Å². The summed E-state index contributed by atoms with van der Waals surface area (Å²) in [6.07, 6.45) is 0.184. The molecule has 4 rings (SSSR count). The number of nitrogens with zero attached hydrogens (tertiary/aromatic N) is 2. The second-order valence-corrected chi connectivity index (χ2v) is 9.57. The molecule has 33 heavy (non-hydrogen) atoms. The van der Waals surface area contributed by atoms with Gasteiger partial charge in [-0.05, 0) is 24.6 Å². The molecule has 0 aliphatic carbocycles. The van der Waals surface area contributed by atoms with Crippen LogP contribution >= 0.6 is 34.3 Å². The molecule has 0 aliphatic rings. The van der Waals surface area contributed by atoms with Crippen molar-refractivity contribution in [2.45, 2.75) is 26.5 Å². The normalized spacial score (nSPS) is 10.7. The number of esters is 1. The molecular weight excluding hydrogens is 478 g/mol. The summed E-state index contributed by atoms with van der Waals surface area (Å²) in [6.45, 7) is 2.29. The van der Waals surface area contributed by atoms with Gasteiger partial charge in [0.05, 0.1) is 17.8 Å². The molecule has 0 spiro atoms. The summed E-state index contributed by atoms with van der Waals surface area (Å²) >= 11 is 8.59. The lowest BCUT2D eigenvalue weighted by Crippen LogP contribution is -2.24. The number of aryl methyl sites for hydroxylation is 1. The van der Waals surface area contributed by atoms with Gasteiger partial charge in [-0.3, -0.25) is 4.79 Å². The number of halogens is 1. The molecule has 2 aromatic carbocycles. The van der Waals surface area contributed by atoms with Crippen molar-refractivity contribution in [2.24, 2.45) is 0 Å². The molecule has 0 radical (unpaired) electrons. The Morgan fingerprint density at radius 1 is 1.06 bits per heavy atom. The van der Waals surface area contributed by atoms with Crippen LogP contribution in [0.5, 0.6) is 0 Å². The van der Waals surface area contributed by atoms with E-state index in [1.54, 1.807) is 24.4 Å². The van der Waals surface area contributed by atoms with Crippen molar-refractivity contribution in [2.75, 3.05) is 0 Å². The highest BCUT2D eigenvalue weighted by atomic mass is 35.5. The van der Waals surface area contributed by atoms with Crippen LogP contribution in [-0.4, -0.2) is 21.8 Å². The maximum absolute atomic E-state index is 12.6. The van der Waals surface area contributed by atoms with E-state index in [1.165, 1.54) is 22.7 Å². The average molecular weight is 498 g/mol. The molecule has 0 atom stereocenters. The molecule has 6 nitrogen and oxygen atoms in total. The van der Waals surface area contributed by atoms with E-state index in [0.29, 0.717) is 32.8 Å². The third-order valence-corrected chi connectivity index (χ3v) is 7.00. The number of amides is 1. The Hall–Kier alpha value is -3.07. The van der Waals surface area contributed by atoms with E-state index in [9.17, 15) is 9.59 Å². The molecule has 9 heteroatoms. The smallest absolute Gasteiger partial charge is 0.350 e. The van der Waals surface area contributed by atoms with E-state index >= 15 is 0 Å². The highest BCUT2D eigenvalue weighted by Crippen LogP contribution is 2.29. The van der Waals surface area contributed by atoms with Gasteiger partial charge in [0, 0.05) is 22.5 Å². The number of rotatable bonds is 8. The van der Waals surface area contributed by atoms with E-state index in [2.05, 4.69) is 15.3 Å². The summed E-state index contributed by atoms with van der Waals surface area (Å²) in [4.78, 5) is 34.1. The third kappa shape index (κ3) is 6.25. The Balaban J connectivity index is 1.29. The number of benzene rings is 2. The van der Waals surface area contributed by atoms with Gasteiger partial charge in [0.2, 0.25) is 5.91 Å². The Morgan fingerprint density at radius 2 is 1.82 bits per heavy atom. The molecule has 0 bridgehead atoms. The minimum atomic E-state index is -0.444. The van der Waals surface area contributed by atoms with Gasteiger partial charge in [-0.15, -0.1) is 22.7 Å². The minimum absolute atomic E-state index is 0.0363. The fourth-order valence-corrected chi connectivity index (χ4v) is 4.87. The summed E-state index contributed by atoms with van der Waals surface area (Å²) in [5.74, 6) is -0.549. The first kappa shape index (κ1) is 23.1. The van der Waals surface area contributed by atoms with Crippen LogP contribution in [0.3, 0.4) is 0 Å². The second-order valence-electron chi connectivity index (χ2n) is 7.19. The molecule has 2 aromatic heterocycles. The zero-order valence-corrected chi connectivity index (χ0v) is 20.1. The Labute approximate surface area is 204 Å². The summed E-state index contributed by atoms with van der Waals surface area (Å²) in [7, 11) is 0. The van der Waals surface area contributed by atoms with Crippen molar-refractivity contribution in [1.29, 1.82) is 0 Å². The monoisotopic (exact) mass is 497 g/mol. The fourth-order valence-electron chi connectivity index (χ4n) is 3.00. The average Bonchev–Trinajstić information content (AvgIpc) is 3.43. The molecule has 1 amide bonds. The van der Waals surface area contributed by atoms with E-state index < -0.39 is 5.97 Å². The predicted molar refractivity (Wildman–Crippen MR) is 131 cm³/mol. The first-order chi connectivity index (χ1) is 16.0.